The van der Waals surface area contributed by atoms with Crippen molar-refractivity contribution in [3.8, 4) is 0 Å². The Morgan fingerprint density at radius 1 is 1.25 bits per heavy atom. The molecule has 0 unspecified atom stereocenters. The fraction of sp³-hybridized carbons (Fsp3) is 0.143. The second kappa shape index (κ2) is 4.83. The third kappa shape index (κ3) is 2.14. The Morgan fingerprint density at radius 3 is 2.85 bits per heavy atom. The number of pyridine rings is 1. The first kappa shape index (κ1) is 13.0. The molecule has 0 atom stereocenters. The first-order chi connectivity index (χ1) is 9.56. The minimum absolute atomic E-state index is 0.0243. The number of anilines is 1. The van der Waals surface area contributed by atoms with Gasteiger partial charge in [-0.1, -0.05) is 17.7 Å². The van der Waals surface area contributed by atoms with Crippen molar-refractivity contribution < 1.29 is 13.6 Å². The van der Waals surface area contributed by atoms with Gasteiger partial charge in [0, 0.05) is 6.54 Å². The average molecular weight is 295 g/mol. The van der Waals surface area contributed by atoms with Crippen LogP contribution in [0.5, 0.6) is 0 Å². The molecule has 0 N–H and O–H groups in total. The molecule has 2 aromatic rings. The van der Waals surface area contributed by atoms with Gasteiger partial charge in [-0.25, -0.2) is 13.8 Å². The minimum atomic E-state index is -0.642. The highest BCUT2D eigenvalue weighted by atomic mass is 35.5. The lowest BCUT2D eigenvalue weighted by Gasteiger charge is -2.17. The van der Waals surface area contributed by atoms with Crippen molar-refractivity contribution in [1.29, 1.82) is 0 Å². The SMILES string of the molecule is O=C(c1cc(F)cnc1Cl)N1CCc2ccc(F)cc21. The number of carbonyl (C=O) groups is 1. The molecule has 0 spiro atoms. The molecular weight excluding hydrogens is 286 g/mol. The van der Waals surface area contributed by atoms with Crippen molar-refractivity contribution in [2.75, 3.05) is 11.4 Å². The molecule has 1 amide bonds. The molecule has 3 nitrogen and oxygen atoms in total. The molecule has 0 saturated carbocycles. The van der Waals surface area contributed by atoms with Crippen LogP contribution in [0.15, 0.2) is 30.5 Å². The summed E-state index contributed by atoms with van der Waals surface area (Å²) in [4.78, 5) is 17.4. The maximum Gasteiger partial charge on any atom is 0.261 e. The number of nitrogens with zero attached hydrogens (tertiary/aromatic N) is 2. The van der Waals surface area contributed by atoms with Gasteiger partial charge in [0.1, 0.15) is 16.8 Å². The second-order valence-electron chi connectivity index (χ2n) is 4.47. The maximum absolute atomic E-state index is 13.3. The standard InChI is InChI=1S/C14H9ClF2N2O/c15-13-11(5-10(17)7-18-13)14(20)19-4-3-8-1-2-9(16)6-12(8)19/h1-2,5-7H,3-4H2. The van der Waals surface area contributed by atoms with Crippen molar-refractivity contribution in [2.24, 2.45) is 0 Å². The molecule has 0 aliphatic carbocycles. The van der Waals surface area contributed by atoms with E-state index >= 15 is 0 Å². The minimum Gasteiger partial charge on any atom is -0.308 e. The van der Waals surface area contributed by atoms with E-state index in [1.54, 1.807) is 6.07 Å². The van der Waals surface area contributed by atoms with Gasteiger partial charge in [0.15, 0.2) is 0 Å². The monoisotopic (exact) mass is 294 g/mol. The van der Waals surface area contributed by atoms with Gasteiger partial charge in [0.25, 0.3) is 5.91 Å². The van der Waals surface area contributed by atoms with E-state index < -0.39 is 17.5 Å². The molecule has 1 aromatic heterocycles. The van der Waals surface area contributed by atoms with E-state index in [9.17, 15) is 13.6 Å². The van der Waals surface area contributed by atoms with E-state index in [4.69, 9.17) is 11.6 Å². The zero-order valence-corrected chi connectivity index (χ0v) is 11.0. The average Bonchev–Trinajstić information content (AvgIpc) is 2.83. The summed E-state index contributed by atoms with van der Waals surface area (Å²) in [6.45, 7) is 0.407. The fourth-order valence-electron chi connectivity index (χ4n) is 2.28. The molecular formula is C14H9ClF2N2O. The molecule has 3 rings (SSSR count). The number of halogens is 3. The second-order valence-corrected chi connectivity index (χ2v) is 4.83. The van der Waals surface area contributed by atoms with Crippen LogP contribution >= 0.6 is 11.6 Å². The lowest BCUT2D eigenvalue weighted by atomic mass is 10.1. The quantitative estimate of drug-likeness (QED) is 0.757. The lowest BCUT2D eigenvalue weighted by Crippen LogP contribution is -2.29. The highest BCUT2D eigenvalue weighted by Crippen LogP contribution is 2.31. The van der Waals surface area contributed by atoms with Crippen molar-refractivity contribution in [3.63, 3.8) is 0 Å². The predicted molar refractivity (Wildman–Crippen MR) is 71.0 cm³/mol. The molecule has 102 valence electrons. The highest BCUT2D eigenvalue weighted by Gasteiger charge is 2.27. The van der Waals surface area contributed by atoms with Crippen molar-refractivity contribution in [2.45, 2.75) is 6.42 Å². The summed E-state index contributed by atoms with van der Waals surface area (Å²) in [5.74, 6) is -1.55. The third-order valence-corrected chi connectivity index (χ3v) is 3.53. The van der Waals surface area contributed by atoms with Crippen LogP contribution in [0.4, 0.5) is 14.5 Å². The van der Waals surface area contributed by atoms with Crippen LogP contribution in [0.25, 0.3) is 0 Å². The summed E-state index contributed by atoms with van der Waals surface area (Å²) < 4.78 is 26.5. The number of hydrogen-bond acceptors (Lipinski definition) is 2. The topological polar surface area (TPSA) is 33.2 Å². The summed E-state index contributed by atoms with van der Waals surface area (Å²) in [5.41, 5.74) is 1.35. The number of amides is 1. The molecule has 6 heteroatoms. The predicted octanol–water partition coefficient (Wildman–Crippen LogP) is 3.22. The molecule has 0 fully saturated rings. The van der Waals surface area contributed by atoms with Gasteiger partial charge < -0.3 is 4.90 Å². The maximum atomic E-state index is 13.3. The van der Waals surface area contributed by atoms with Crippen LogP contribution in [0, 0.1) is 11.6 Å². The van der Waals surface area contributed by atoms with E-state index in [0.29, 0.717) is 18.7 Å². The van der Waals surface area contributed by atoms with Crippen molar-refractivity contribution >= 4 is 23.2 Å². The molecule has 1 aliphatic rings. The molecule has 1 aromatic carbocycles. The number of benzene rings is 1. The Hall–Kier alpha value is -2.01. The number of rotatable bonds is 1. The van der Waals surface area contributed by atoms with Gasteiger partial charge in [-0.15, -0.1) is 0 Å². The van der Waals surface area contributed by atoms with Crippen LogP contribution in [-0.4, -0.2) is 17.4 Å². The highest BCUT2D eigenvalue weighted by molar-refractivity contribution is 6.33. The first-order valence-electron chi connectivity index (χ1n) is 5.97. The summed E-state index contributed by atoms with van der Waals surface area (Å²) in [6, 6.07) is 5.32. The van der Waals surface area contributed by atoms with Crippen molar-refractivity contribution in [1.82, 2.24) is 4.98 Å². The van der Waals surface area contributed by atoms with Crippen LogP contribution in [0.2, 0.25) is 5.15 Å². The molecule has 0 bridgehead atoms. The molecule has 0 saturated heterocycles. The van der Waals surface area contributed by atoms with Crippen LogP contribution in [0.1, 0.15) is 15.9 Å². The Labute approximate surface area is 118 Å². The smallest absolute Gasteiger partial charge is 0.261 e. The third-order valence-electron chi connectivity index (χ3n) is 3.22. The summed E-state index contributed by atoms with van der Waals surface area (Å²) in [6.07, 6.45) is 1.57. The van der Waals surface area contributed by atoms with Crippen LogP contribution in [-0.2, 0) is 6.42 Å². The Morgan fingerprint density at radius 2 is 2.05 bits per heavy atom. The summed E-state index contributed by atoms with van der Waals surface area (Å²) in [5, 5.41) is -0.0683. The van der Waals surface area contributed by atoms with E-state index in [1.807, 2.05) is 0 Å². The van der Waals surface area contributed by atoms with Gasteiger partial charge in [-0.2, -0.15) is 0 Å². The van der Waals surface area contributed by atoms with Gasteiger partial charge in [0.05, 0.1) is 17.4 Å². The molecule has 0 radical (unpaired) electrons. The summed E-state index contributed by atoms with van der Waals surface area (Å²) in [7, 11) is 0. The number of carbonyl (C=O) groups excluding carboxylic acids is 1. The Balaban J connectivity index is 2.01. The van der Waals surface area contributed by atoms with E-state index in [1.165, 1.54) is 17.0 Å². The van der Waals surface area contributed by atoms with E-state index in [-0.39, 0.29) is 10.7 Å². The summed E-state index contributed by atoms with van der Waals surface area (Å²) >= 11 is 5.83. The van der Waals surface area contributed by atoms with Gasteiger partial charge in [-0.05, 0) is 30.2 Å². The normalized spacial score (nSPS) is 13.4. The Bertz CT molecular complexity index is 706. The number of fused-ring (bicyclic) bond motifs is 1. The first-order valence-corrected chi connectivity index (χ1v) is 6.35. The Kier molecular flexibility index (Phi) is 3.14. The van der Waals surface area contributed by atoms with Gasteiger partial charge >= 0.3 is 0 Å². The molecule has 20 heavy (non-hydrogen) atoms. The van der Waals surface area contributed by atoms with E-state index in [0.717, 1.165) is 17.8 Å². The number of aromatic nitrogens is 1. The molecule has 2 heterocycles. The van der Waals surface area contributed by atoms with Crippen molar-refractivity contribution in [3.05, 3.63) is 58.4 Å². The van der Waals surface area contributed by atoms with Gasteiger partial charge in [0.2, 0.25) is 0 Å². The lowest BCUT2D eigenvalue weighted by molar-refractivity contribution is 0.0988. The zero-order valence-electron chi connectivity index (χ0n) is 10.2. The van der Waals surface area contributed by atoms with E-state index in [2.05, 4.69) is 4.98 Å². The zero-order chi connectivity index (χ0) is 14.3. The van der Waals surface area contributed by atoms with Crippen LogP contribution in [0.3, 0.4) is 0 Å². The van der Waals surface area contributed by atoms with Gasteiger partial charge in [-0.3, -0.25) is 4.79 Å². The largest absolute Gasteiger partial charge is 0.308 e. The van der Waals surface area contributed by atoms with Crippen LogP contribution < -0.4 is 4.90 Å². The fourth-order valence-corrected chi connectivity index (χ4v) is 2.47. The molecule has 1 aliphatic heterocycles. The number of hydrogen-bond donors (Lipinski definition) is 0.